The number of benzene rings is 3. The Morgan fingerprint density at radius 1 is 0.794 bits per heavy atom. The molecule has 0 saturated carbocycles. The van der Waals surface area contributed by atoms with Crippen molar-refractivity contribution in [2.45, 2.75) is 64.2 Å². The molecule has 4 aromatic rings. The number of hydrogen-bond acceptors (Lipinski definition) is 5. The van der Waals surface area contributed by atoms with Gasteiger partial charge in [0.05, 0.1) is 0 Å². The monoisotopic (exact) mass is 477 g/mol. The van der Waals surface area contributed by atoms with E-state index < -0.39 is 15.5 Å². The van der Waals surface area contributed by atoms with Gasteiger partial charge in [-0.1, -0.05) is 77.4 Å². The molecule has 0 radical (unpaired) electrons. The van der Waals surface area contributed by atoms with Crippen LogP contribution in [-0.4, -0.2) is 23.4 Å². The van der Waals surface area contributed by atoms with Gasteiger partial charge in [0.1, 0.15) is 21.6 Å². The zero-order valence-corrected chi connectivity index (χ0v) is 21.6. The van der Waals surface area contributed by atoms with E-state index in [1.54, 1.807) is 24.3 Å². The SMILES string of the molecule is Cc1ccc(S(=O)(=O)Oc2c(-n3nc4ccccc4n3)cc(C(C)(C)C)cc2C(C)(C)C)cc1. The number of hydrogen-bond donors (Lipinski definition) is 0. The summed E-state index contributed by atoms with van der Waals surface area (Å²) >= 11 is 0. The molecule has 0 spiro atoms. The first kappa shape index (κ1) is 24.0. The Kier molecular flexibility index (Phi) is 5.80. The molecule has 3 aromatic carbocycles. The Morgan fingerprint density at radius 2 is 1.35 bits per heavy atom. The van der Waals surface area contributed by atoms with Gasteiger partial charge in [-0.3, -0.25) is 0 Å². The van der Waals surface area contributed by atoms with Crippen LogP contribution in [0.4, 0.5) is 0 Å². The molecule has 0 aliphatic rings. The molecule has 6 nitrogen and oxygen atoms in total. The van der Waals surface area contributed by atoms with Crippen LogP contribution < -0.4 is 4.18 Å². The van der Waals surface area contributed by atoms with Gasteiger partial charge in [-0.15, -0.1) is 15.0 Å². The summed E-state index contributed by atoms with van der Waals surface area (Å²) in [6.45, 7) is 14.4. The quantitative estimate of drug-likeness (QED) is 0.333. The number of nitrogens with zero attached hydrogens (tertiary/aromatic N) is 3. The molecule has 0 bridgehead atoms. The van der Waals surface area contributed by atoms with Crippen molar-refractivity contribution < 1.29 is 12.6 Å². The van der Waals surface area contributed by atoms with E-state index in [4.69, 9.17) is 4.18 Å². The van der Waals surface area contributed by atoms with Gasteiger partial charge in [-0.25, -0.2) is 0 Å². The Bertz CT molecular complexity index is 1420. The molecule has 0 amide bonds. The van der Waals surface area contributed by atoms with Crippen molar-refractivity contribution in [2.75, 3.05) is 0 Å². The molecule has 1 aromatic heterocycles. The summed E-state index contributed by atoms with van der Waals surface area (Å²) in [5.74, 6) is 0.237. The third-order valence-electron chi connectivity index (χ3n) is 5.75. The van der Waals surface area contributed by atoms with Gasteiger partial charge in [0.2, 0.25) is 0 Å². The lowest BCUT2D eigenvalue weighted by atomic mass is 9.80. The molecule has 0 aliphatic carbocycles. The van der Waals surface area contributed by atoms with Gasteiger partial charge in [0.15, 0.2) is 5.75 Å². The predicted octanol–water partition coefficient (Wildman–Crippen LogP) is 6.09. The lowest BCUT2D eigenvalue weighted by molar-refractivity contribution is 0.464. The van der Waals surface area contributed by atoms with Crippen LogP contribution in [0.2, 0.25) is 0 Å². The summed E-state index contributed by atoms with van der Waals surface area (Å²) in [6, 6.07) is 18.1. The summed E-state index contributed by atoms with van der Waals surface area (Å²) in [5.41, 5.74) is 4.11. The molecule has 1 heterocycles. The van der Waals surface area contributed by atoms with Gasteiger partial charge in [-0.2, -0.15) is 8.42 Å². The van der Waals surface area contributed by atoms with Crippen LogP contribution in [0.3, 0.4) is 0 Å². The topological polar surface area (TPSA) is 74.1 Å². The van der Waals surface area contributed by atoms with Crippen molar-refractivity contribution in [3.8, 4) is 11.4 Å². The smallest absolute Gasteiger partial charge is 0.339 e. The van der Waals surface area contributed by atoms with E-state index in [2.05, 4.69) is 31.0 Å². The van der Waals surface area contributed by atoms with Crippen molar-refractivity contribution in [3.63, 3.8) is 0 Å². The number of aryl methyl sites for hydroxylation is 1. The molecule has 0 aliphatic heterocycles. The van der Waals surface area contributed by atoms with Crippen molar-refractivity contribution in [1.29, 1.82) is 0 Å². The van der Waals surface area contributed by atoms with E-state index in [1.807, 2.05) is 64.1 Å². The van der Waals surface area contributed by atoms with E-state index in [-0.39, 0.29) is 16.1 Å². The highest BCUT2D eigenvalue weighted by Gasteiger charge is 2.31. The Hall–Kier alpha value is -3.19. The van der Waals surface area contributed by atoms with E-state index in [0.29, 0.717) is 16.7 Å². The highest BCUT2D eigenvalue weighted by molar-refractivity contribution is 7.87. The normalized spacial score (nSPS) is 12.8. The van der Waals surface area contributed by atoms with Crippen LogP contribution in [0, 0.1) is 6.92 Å². The molecule has 0 fully saturated rings. The van der Waals surface area contributed by atoms with E-state index in [9.17, 15) is 8.42 Å². The van der Waals surface area contributed by atoms with E-state index in [0.717, 1.165) is 16.7 Å². The van der Waals surface area contributed by atoms with Crippen LogP contribution in [0.1, 0.15) is 58.2 Å². The van der Waals surface area contributed by atoms with Crippen LogP contribution in [0.15, 0.2) is 65.6 Å². The minimum Gasteiger partial charge on any atom is -0.376 e. The Morgan fingerprint density at radius 3 is 1.85 bits per heavy atom. The Balaban J connectivity index is 2.00. The van der Waals surface area contributed by atoms with Crippen LogP contribution in [0.5, 0.6) is 5.75 Å². The van der Waals surface area contributed by atoms with Crippen LogP contribution in [0.25, 0.3) is 16.7 Å². The number of aromatic nitrogens is 3. The third-order valence-corrected chi connectivity index (χ3v) is 6.98. The molecule has 0 unspecified atom stereocenters. The first-order valence-electron chi connectivity index (χ1n) is 11.3. The summed E-state index contributed by atoms with van der Waals surface area (Å²) in [5, 5.41) is 9.27. The number of rotatable bonds is 4. The largest absolute Gasteiger partial charge is 0.376 e. The minimum atomic E-state index is -4.09. The lowest BCUT2D eigenvalue weighted by Crippen LogP contribution is -2.22. The van der Waals surface area contributed by atoms with Crippen molar-refractivity contribution in [2.24, 2.45) is 0 Å². The van der Waals surface area contributed by atoms with Crippen molar-refractivity contribution in [3.05, 3.63) is 77.4 Å². The van der Waals surface area contributed by atoms with Crippen LogP contribution >= 0.6 is 0 Å². The zero-order chi connectivity index (χ0) is 24.9. The van der Waals surface area contributed by atoms with Gasteiger partial charge in [-0.05, 0) is 53.6 Å². The molecule has 34 heavy (non-hydrogen) atoms. The maximum Gasteiger partial charge on any atom is 0.339 e. The second-order valence-electron chi connectivity index (χ2n) is 10.7. The minimum absolute atomic E-state index is 0.0994. The highest BCUT2D eigenvalue weighted by atomic mass is 32.2. The molecular weight excluding hydrogens is 446 g/mol. The van der Waals surface area contributed by atoms with Crippen molar-refractivity contribution in [1.82, 2.24) is 15.0 Å². The fraction of sp³-hybridized carbons (Fsp3) is 0.333. The molecule has 4 rings (SSSR count). The van der Waals surface area contributed by atoms with Gasteiger partial charge in [0.25, 0.3) is 0 Å². The van der Waals surface area contributed by atoms with E-state index in [1.165, 1.54) is 4.80 Å². The molecular formula is C27H31N3O3S. The standard InChI is InChI=1S/C27H31N3O3S/c1-18-12-14-20(15-13-18)34(31,32)33-25-21(27(5,6)7)16-19(26(2,3)4)17-24(25)30-28-22-10-8-9-11-23(22)29-30/h8-17H,1-7H3. The van der Waals surface area contributed by atoms with E-state index >= 15 is 0 Å². The average molecular weight is 478 g/mol. The third kappa shape index (κ3) is 4.71. The van der Waals surface area contributed by atoms with Gasteiger partial charge < -0.3 is 4.18 Å². The molecule has 178 valence electrons. The van der Waals surface area contributed by atoms with Crippen LogP contribution in [-0.2, 0) is 20.9 Å². The molecule has 0 atom stereocenters. The highest BCUT2D eigenvalue weighted by Crippen LogP contribution is 2.41. The van der Waals surface area contributed by atoms with Gasteiger partial charge in [0, 0.05) is 5.56 Å². The Labute approximate surface area is 201 Å². The fourth-order valence-electron chi connectivity index (χ4n) is 3.67. The maximum absolute atomic E-state index is 13.4. The summed E-state index contributed by atoms with van der Waals surface area (Å²) in [4.78, 5) is 1.58. The second-order valence-corrected chi connectivity index (χ2v) is 12.2. The first-order valence-corrected chi connectivity index (χ1v) is 12.7. The first-order chi connectivity index (χ1) is 15.8. The summed E-state index contributed by atoms with van der Waals surface area (Å²) in [6.07, 6.45) is 0. The maximum atomic E-state index is 13.4. The average Bonchev–Trinajstić information content (AvgIpc) is 3.16. The van der Waals surface area contributed by atoms with Gasteiger partial charge >= 0.3 is 10.1 Å². The summed E-state index contributed by atoms with van der Waals surface area (Å²) in [7, 11) is -4.09. The summed E-state index contributed by atoms with van der Waals surface area (Å²) < 4.78 is 32.6. The second kappa shape index (κ2) is 8.24. The fourth-order valence-corrected chi connectivity index (χ4v) is 4.63. The molecule has 0 saturated heterocycles. The number of fused-ring (bicyclic) bond motifs is 1. The molecule has 0 N–H and O–H groups in total. The lowest BCUT2D eigenvalue weighted by Gasteiger charge is -2.28. The predicted molar refractivity (Wildman–Crippen MR) is 135 cm³/mol. The molecule has 7 heteroatoms. The van der Waals surface area contributed by atoms with Crippen molar-refractivity contribution >= 4 is 21.2 Å². The zero-order valence-electron chi connectivity index (χ0n) is 20.7.